The van der Waals surface area contributed by atoms with Crippen LogP contribution >= 0.6 is 0 Å². The molecule has 0 bridgehead atoms. The molecule has 0 aromatic carbocycles. The van der Waals surface area contributed by atoms with E-state index in [4.69, 9.17) is 4.74 Å². The molecule has 0 saturated heterocycles. The molecule has 4 rings (SSSR count). The first-order chi connectivity index (χ1) is 12.1. The van der Waals surface area contributed by atoms with Crippen LogP contribution in [0.1, 0.15) is 16.1 Å². The lowest BCUT2D eigenvalue weighted by Crippen LogP contribution is -2.19. The van der Waals surface area contributed by atoms with Crippen LogP contribution in [0.3, 0.4) is 0 Å². The number of carbonyl (C=O) groups excluding carboxylic acids is 1. The third-order valence-electron chi connectivity index (χ3n) is 4.02. The van der Waals surface area contributed by atoms with Gasteiger partial charge in [-0.2, -0.15) is 5.10 Å². The number of ether oxygens (including phenoxy) is 1. The second-order valence-corrected chi connectivity index (χ2v) is 5.44. The summed E-state index contributed by atoms with van der Waals surface area (Å²) < 4.78 is 7.80. The number of methoxy groups -OCH3 is 1. The maximum absolute atomic E-state index is 12.8. The zero-order valence-electron chi connectivity index (χ0n) is 13.5. The Labute approximate surface area is 141 Å². The fourth-order valence-electron chi connectivity index (χ4n) is 2.82. The second kappa shape index (κ2) is 5.52. The van der Waals surface area contributed by atoms with Crippen LogP contribution in [-0.2, 0) is 4.74 Å². The van der Waals surface area contributed by atoms with E-state index in [9.17, 15) is 9.59 Å². The van der Waals surface area contributed by atoms with E-state index in [-0.39, 0.29) is 5.56 Å². The summed E-state index contributed by atoms with van der Waals surface area (Å²) in [5.74, 6) is -0.510. The molecule has 25 heavy (non-hydrogen) atoms. The molecule has 8 nitrogen and oxygen atoms in total. The van der Waals surface area contributed by atoms with Gasteiger partial charge in [-0.25, -0.2) is 14.3 Å². The van der Waals surface area contributed by atoms with Crippen LogP contribution in [-0.4, -0.2) is 37.2 Å². The summed E-state index contributed by atoms with van der Waals surface area (Å²) in [5.41, 5.74) is 2.18. The smallest absolute Gasteiger partial charge is 0.343 e. The number of pyridine rings is 2. The fourth-order valence-corrected chi connectivity index (χ4v) is 2.82. The minimum absolute atomic E-state index is 0.231. The molecule has 0 spiro atoms. The number of carbonyl (C=O) groups is 1. The van der Waals surface area contributed by atoms with Crippen molar-refractivity contribution in [3.63, 3.8) is 0 Å². The standard InChI is InChI=1S/C17H13N5O3/c1-10-14(17(24)25-2)15-19-9-12-13(22(15)20-10)5-8-21(16(12)23)11-3-6-18-7-4-11/h3-9H,1-2H3. The summed E-state index contributed by atoms with van der Waals surface area (Å²) >= 11 is 0. The minimum Gasteiger partial charge on any atom is -0.465 e. The highest BCUT2D eigenvalue weighted by Crippen LogP contribution is 2.19. The Morgan fingerprint density at radius 2 is 1.96 bits per heavy atom. The molecule has 0 aliphatic carbocycles. The van der Waals surface area contributed by atoms with Gasteiger partial charge in [-0.1, -0.05) is 0 Å². The maximum Gasteiger partial charge on any atom is 0.343 e. The quantitative estimate of drug-likeness (QED) is 0.516. The van der Waals surface area contributed by atoms with Gasteiger partial charge in [-0.3, -0.25) is 14.3 Å². The SMILES string of the molecule is COC(=O)c1c(C)nn2c1ncc1c(=O)n(-c3ccncc3)ccc12. The van der Waals surface area contributed by atoms with Gasteiger partial charge >= 0.3 is 5.97 Å². The average Bonchev–Trinajstić information content (AvgIpc) is 2.98. The zero-order valence-corrected chi connectivity index (χ0v) is 13.5. The number of aryl methyl sites for hydroxylation is 1. The van der Waals surface area contributed by atoms with E-state index in [1.165, 1.54) is 22.4 Å². The highest BCUT2D eigenvalue weighted by Gasteiger charge is 2.20. The van der Waals surface area contributed by atoms with Crippen LogP contribution < -0.4 is 5.56 Å². The third kappa shape index (κ3) is 2.18. The Balaban J connectivity index is 2.03. The van der Waals surface area contributed by atoms with Crippen LogP contribution in [0.4, 0.5) is 0 Å². The number of fused-ring (bicyclic) bond motifs is 3. The Morgan fingerprint density at radius 1 is 1.20 bits per heavy atom. The predicted molar refractivity (Wildman–Crippen MR) is 90.0 cm³/mol. The van der Waals surface area contributed by atoms with E-state index in [0.717, 1.165) is 0 Å². The molecule has 4 aromatic rings. The van der Waals surface area contributed by atoms with Gasteiger partial charge in [0.05, 0.1) is 29.4 Å². The molecule has 0 aliphatic heterocycles. The van der Waals surface area contributed by atoms with Crippen LogP contribution in [0.2, 0.25) is 0 Å². The van der Waals surface area contributed by atoms with E-state index in [1.54, 1.807) is 43.7 Å². The first-order valence-electron chi connectivity index (χ1n) is 7.50. The molecule has 4 heterocycles. The first-order valence-corrected chi connectivity index (χ1v) is 7.50. The van der Waals surface area contributed by atoms with Gasteiger partial charge in [0.1, 0.15) is 5.56 Å². The monoisotopic (exact) mass is 335 g/mol. The third-order valence-corrected chi connectivity index (χ3v) is 4.02. The Hall–Kier alpha value is -3.55. The fraction of sp³-hybridized carbons (Fsp3) is 0.118. The largest absolute Gasteiger partial charge is 0.465 e. The molecule has 0 fully saturated rings. The van der Waals surface area contributed by atoms with Crippen LogP contribution in [0.15, 0.2) is 47.8 Å². The summed E-state index contributed by atoms with van der Waals surface area (Å²) in [6.45, 7) is 1.70. The van der Waals surface area contributed by atoms with Crippen LogP contribution in [0.5, 0.6) is 0 Å². The van der Waals surface area contributed by atoms with Gasteiger partial charge in [0.15, 0.2) is 5.65 Å². The van der Waals surface area contributed by atoms with Gasteiger partial charge in [-0.15, -0.1) is 0 Å². The zero-order chi connectivity index (χ0) is 17.6. The molecule has 0 N–H and O–H groups in total. The lowest BCUT2D eigenvalue weighted by atomic mass is 10.2. The lowest BCUT2D eigenvalue weighted by Gasteiger charge is -2.07. The molecular weight excluding hydrogens is 322 g/mol. The summed E-state index contributed by atoms with van der Waals surface area (Å²) in [4.78, 5) is 33.0. The minimum atomic E-state index is -0.510. The topological polar surface area (TPSA) is 91.4 Å². The second-order valence-electron chi connectivity index (χ2n) is 5.44. The normalized spacial score (nSPS) is 11.1. The van der Waals surface area contributed by atoms with Gasteiger partial charge in [-0.05, 0) is 25.1 Å². The Kier molecular flexibility index (Phi) is 3.31. The molecule has 0 atom stereocenters. The van der Waals surface area contributed by atoms with Gasteiger partial charge in [0.25, 0.3) is 5.56 Å². The number of aromatic nitrogens is 5. The lowest BCUT2D eigenvalue weighted by molar-refractivity contribution is 0.0602. The molecular formula is C17H13N5O3. The molecule has 124 valence electrons. The van der Waals surface area contributed by atoms with E-state index in [0.29, 0.717) is 33.5 Å². The number of hydrogen-bond acceptors (Lipinski definition) is 6. The summed E-state index contributed by atoms with van der Waals surface area (Å²) in [5, 5.41) is 4.74. The number of esters is 1. The number of rotatable bonds is 2. The Bertz CT molecular complexity index is 1180. The van der Waals surface area contributed by atoms with Crippen molar-refractivity contribution >= 4 is 22.5 Å². The van der Waals surface area contributed by atoms with Crippen LogP contribution in [0.25, 0.3) is 22.2 Å². The highest BCUT2D eigenvalue weighted by atomic mass is 16.5. The molecule has 0 amide bonds. The van der Waals surface area contributed by atoms with Crippen molar-refractivity contribution < 1.29 is 9.53 Å². The molecule has 0 aliphatic rings. The van der Waals surface area contributed by atoms with Crippen molar-refractivity contribution in [3.05, 3.63) is 64.6 Å². The van der Waals surface area contributed by atoms with Crippen molar-refractivity contribution in [1.29, 1.82) is 0 Å². The number of nitrogens with zero attached hydrogens (tertiary/aromatic N) is 5. The first kappa shape index (κ1) is 15.0. The van der Waals surface area contributed by atoms with Gasteiger partial charge in [0.2, 0.25) is 0 Å². The molecule has 8 heteroatoms. The van der Waals surface area contributed by atoms with Crippen molar-refractivity contribution in [2.75, 3.05) is 7.11 Å². The highest BCUT2D eigenvalue weighted by molar-refractivity contribution is 5.98. The predicted octanol–water partition coefficient (Wildman–Crippen LogP) is 1.52. The van der Waals surface area contributed by atoms with Crippen molar-refractivity contribution in [2.24, 2.45) is 0 Å². The van der Waals surface area contributed by atoms with Gasteiger partial charge < -0.3 is 4.74 Å². The molecule has 0 saturated carbocycles. The van der Waals surface area contributed by atoms with Crippen molar-refractivity contribution in [3.8, 4) is 5.69 Å². The number of hydrogen-bond donors (Lipinski definition) is 0. The average molecular weight is 335 g/mol. The summed E-state index contributed by atoms with van der Waals surface area (Å²) in [6.07, 6.45) is 6.35. The molecule has 4 aromatic heterocycles. The maximum atomic E-state index is 12.8. The summed E-state index contributed by atoms with van der Waals surface area (Å²) in [7, 11) is 1.31. The van der Waals surface area contributed by atoms with E-state index in [2.05, 4.69) is 15.1 Å². The molecule has 0 radical (unpaired) electrons. The van der Waals surface area contributed by atoms with Crippen molar-refractivity contribution in [1.82, 2.24) is 24.1 Å². The van der Waals surface area contributed by atoms with E-state index >= 15 is 0 Å². The van der Waals surface area contributed by atoms with Crippen LogP contribution in [0, 0.1) is 6.92 Å². The van der Waals surface area contributed by atoms with E-state index < -0.39 is 5.97 Å². The van der Waals surface area contributed by atoms with E-state index in [1.807, 2.05) is 0 Å². The molecule has 0 unspecified atom stereocenters. The Morgan fingerprint density at radius 3 is 2.68 bits per heavy atom. The van der Waals surface area contributed by atoms with Gasteiger partial charge in [0, 0.05) is 24.8 Å². The summed E-state index contributed by atoms with van der Waals surface area (Å²) in [6, 6.07) is 5.25. The van der Waals surface area contributed by atoms with Crippen molar-refractivity contribution in [2.45, 2.75) is 6.92 Å².